The van der Waals surface area contributed by atoms with E-state index in [2.05, 4.69) is 5.32 Å². The minimum absolute atomic E-state index is 0.0126. The molecule has 2 aromatic carbocycles. The summed E-state index contributed by atoms with van der Waals surface area (Å²) in [5.74, 6) is 0.303. The van der Waals surface area contributed by atoms with Crippen LogP contribution in [0.25, 0.3) is 6.08 Å². The summed E-state index contributed by atoms with van der Waals surface area (Å²) in [6.07, 6.45) is 1.60. The highest BCUT2D eigenvalue weighted by molar-refractivity contribution is 7.80. The average Bonchev–Trinajstić information content (AvgIpc) is 2.89. The molecule has 1 saturated heterocycles. The Morgan fingerprint density at radius 2 is 1.96 bits per heavy atom. The summed E-state index contributed by atoms with van der Waals surface area (Å²) in [7, 11) is 1.54. The predicted octanol–water partition coefficient (Wildman–Crippen LogP) is 2.87. The maximum Gasteiger partial charge on any atom is 0.281 e. The number of thiocarbonyl (C=S) groups is 1. The molecule has 3 rings (SSSR count). The van der Waals surface area contributed by atoms with Crippen molar-refractivity contribution in [3.63, 3.8) is 0 Å². The number of nitro benzene ring substituents is 1. The lowest BCUT2D eigenvalue weighted by molar-refractivity contribution is -0.384. The standard InChI is InChI=1S/C17H13N3O4S/c1-24-14-4-2-3-13(10-14)19-16(21)15(18-17(19)25)9-11-5-7-12(8-6-11)20(22)23/h2-10H,1H3,(H,18,25)/b15-9+. The number of benzene rings is 2. The van der Waals surface area contributed by atoms with E-state index in [4.69, 9.17) is 17.0 Å². The third kappa shape index (κ3) is 3.33. The van der Waals surface area contributed by atoms with Gasteiger partial charge in [-0.1, -0.05) is 6.07 Å². The topological polar surface area (TPSA) is 84.7 Å². The number of anilines is 1. The van der Waals surface area contributed by atoms with Crippen molar-refractivity contribution in [2.24, 2.45) is 0 Å². The molecule has 7 nitrogen and oxygen atoms in total. The second kappa shape index (κ2) is 6.70. The third-order valence-corrected chi connectivity index (χ3v) is 3.89. The van der Waals surface area contributed by atoms with Crippen molar-refractivity contribution in [3.05, 3.63) is 69.9 Å². The first kappa shape index (κ1) is 16.6. The summed E-state index contributed by atoms with van der Waals surface area (Å²) in [6.45, 7) is 0. The van der Waals surface area contributed by atoms with E-state index >= 15 is 0 Å². The Morgan fingerprint density at radius 1 is 1.24 bits per heavy atom. The Bertz CT molecular complexity index is 893. The number of methoxy groups -OCH3 is 1. The number of nitro groups is 1. The normalized spacial score (nSPS) is 15.4. The Labute approximate surface area is 148 Å². The Hall–Kier alpha value is -3.26. The number of nitrogens with one attached hydrogen (secondary N) is 1. The maximum atomic E-state index is 12.7. The van der Waals surface area contributed by atoms with Gasteiger partial charge in [-0.15, -0.1) is 0 Å². The minimum atomic E-state index is -0.477. The van der Waals surface area contributed by atoms with Crippen LogP contribution in [0.1, 0.15) is 5.56 Å². The number of hydrogen-bond acceptors (Lipinski definition) is 5. The number of nitrogens with zero attached hydrogens (tertiary/aromatic N) is 2. The van der Waals surface area contributed by atoms with Crippen molar-refractivity contribution in [2.45, 2.75) is 0 Å². The predicted molar refractivity (Wildman–Crippen MR) is 97.3 cm³/mol. The number of rotatable bonds is 4. The summed E-state index contributed by atoms with van der Waals surface area (Å²) in [4.78, 5) is 24.2. The quantitative estimate of drug-likeness (QED) is 0.393. The monoisotopic (exact) mass is 355 g/mol. The summed E-state index contributed by atoms with van der Waals surface area (Å²) >= 11 is 5.25. The van der Waals surface area contributed by atoms with E-state index in [1.54, 1.807) is 49.6 Å². The Morgan fingerprint density at radius 3 is 2.60 bits per heavy atom. The highest BCUT2D eigenvalue weighted by atomic mass is 32.1. The molecule has 0 saturated carbocycles. The Balaban J connectivity index is 1.88. The number of hydrogen-bond donors (Lipinski definition) is 1. The second-order valence-corrected chi connectivity index (χ2v) is 5.57. The van der Waals surface area contributed by atoms with E-state index in [9.17, 15) is 14.9 Å². The molecule has 126 valence electrons. The highest BCUT2D eigenvalue weighted by Crippen LogP contribution is 2.26. The lowest BCUT2D eigenvalue weighted by Gasteiger charge is -2.14. The van der Waals surface area contributed by atoms with Crippen LogP contribution in [0.5, 0.6) is 5.75 Å². The van der Waals surface area contributed by atoms with Gasteiger partial charge in [0.15, 0.2) is 5.11 Å². The molecule has 0 atom stereocenters. The van der Waals surface area contributed by atoms with Gasteiger partial charge >= 0.3 is 0 Å². The molecule has 1 N–H and O–H groups in total. The van der Waals surface area contributed by atoms with Crippen LogP contribution in [0.15, 0.2) is 54.2 Å². The highest BCUT2D eigenvalue weighted by Gasteiger charge is 2.32. The smallest absolute Gasteiger partial charge is 0.281 e. The van der Waals surface area contributed by atoms with Gasteiger partial charge < -0.3 is 10.1 Å². The fraction of sp³-hybridized carbons (Fsp3) is 0.0588. The fourth-order valence-corrected chi connectivity index (χ4v) is 2.68. The molecule has 1 fully saturated rings. The molecule has 25 heavy (non-hydrogen) atoms. The lowest BCUT2D eigenvalue weighted by atomic mass is 10.1. The number of amides is 1. The minimum Gasteiger partial charge on any atom is -0.497 e. The SMILES string of the molecule is COc1cccc(N2C(=O)/C(=C\c3ccc([N+](=O)[O-])cc3)NC2=S)c1. The molecular weight excluding hydrogens is 342 g/mol. The van der Waals surface area contributed by atoms with Crippen LogP contribution >= 0.6 is 12.2 Å². The van der Waals surface area contributed by atoms with Gasteiger partial charge in [0, 0.05) is 18.2 Å². The second-order valence-electron chi connectivity index (χ2n) is 5.18. The van der Waals surface area contributed by atoms with Gasteiger partial charge in [-0.2, -0.15) is 0 Å². The maximum absolute atomic E-state index is 12.7. The molecule has 1 amide bonds. The van der Waals surface area contributed by atoms with Crippen molar-refractivity contribution < 1.29 is 14.5 Å². The van der Waals surface area contributed by atoms with Gasteiger partial charge in [0.2, 0.25) is 0 Å². The van der Waals surface area contributed by atoms with Crippen LogP contribution in [0.3, 0.4) is 0 Å². The molecule has 1 aliphatic rings. The fourth-order valence-electron chi connectivity index (χ4n) is 2.38. The van der Waals surface area contributed by atoms with Crippen LogP contribution < -0.4 is 15.0 Å². The molecule has 0 unspecified atom stereocenters. The summed E-state index contributed by atoms with van der Waals surface area (Å²) in [6, 6.07) is 12.9. The number of carbonyl (C=O) groups excluding carboxylic acids is 1. The number of ether oxygens (including phenoxy) is 1. The molecule has 0 aromatic heterocycles. The van der Waals surface area contributed by atoms with Crippen molar-refractivity contribution in [3.8, 4) is 5.75 Å². The first-order valence-electron chi connectivity index (χ1n) is 7.25. The van der Waals surface area contributed by atoms with Crippen LogP contribution in [0.4, 0.5) is 11.4 Å². The molecule has 1 heterocycles. The summed E-state index contributed by atoms with van der Waals surface area (Å²) in [5, 5.41) is 13.8. The van der Waals surface area contributed by atoms with Crippen molar-refractivity contribution in [2.75, 3.05) is 12.0 Å². The molecular formula is C17H13N3O4S. The Kier molecular flexibility index (Phi) is 4.44. The van der Waals surface area contributed by atoms with E-state index < -0.39 is 4.92 Å². The first-order chi connectivity index (χ1) is 12.0. The van der Waals surface area contributed by atoms with Crippen LogP contribution in [-0.2, 0) is 4.79 Å². The third-order valence-electron chi connectivity index (χ3n) is 3.60. The first-order valence-corrected chi connectivity index (χ1v) is 7.66. The number of non-ortho nitro benzene ring substituents is 1. The summed E-state index contributed by atoms with van der Waals surface area (Å²) in [5.41, 5.74) is 1.52. The molecule has 1 aliphatic heterocycles. The summed E-state index contributed by atoms with van der Waals surface area (Å²) < 4.78 is 5.17. The van der Waals surface area contributed by atoms with Gasteiger partial charge in [-0.25, -0.2) is 0 Å². The zero-order valence-corrected chi connectivity index (χ0v) is 13.9. The van der Waals surface area contributed by atoms with Gasteiger partial charge in [-0.05, 0) is 48.1 Å². The molecule has 0 spiro atoms. The lowest BCUT2D eigenvalue weighted by Crippen LogP contribution is -2.30. The van der Waals surface area contributed by atoms with E-state index in [0.29, 0.717) is 22.7 Å². The number of carbonyl (C=O) groups is 1. The average molecular weight is 355 g/mol. The van der Waals surface area contributed by atoms with E-state index in [1.165, 1.54) is 17.0 Å². The molecule has 0 aliphatic carbocycles. The van der Waals surface area contributed by atoms with Crippen molar-refractivity contribution >= 4 is 40.7 Å². The van der Waals surface area contributed by atoms with Crippen LogP contribution in [0.2, 0.25) is 0 Å². The zero-order valence-electron chi connectivity index (χ0n) is 13.1. The van der Waals surface area contributed by atoms with Crippen molar-refractivity contribution in [1.82, 2.24) is 5.32 Å². The largest absolute Gasteiger partial charge is 0.497 e. The molecule has 0 bridgehead atoms. The van der Waals surface area contributed by atoms with Gasteiger partial charge in [0.1, 0.15) is 11.4 Å². The van der Waals surface area contributed by atoms with Crippen LogP contribution in [-0.4, -0.2) is 23.1 Å². The van der Waals surface area contributed by atoms with Crippen molar-refractivity contribution in [1.29, 1.82) is 0 Å². The molecule has 2 aromatic rings. The molecule has 0 radical (unpaired) electrons. The van der Waals surface area contributed by atoms with E-state index in [1.807, 2.05) is 0 Å². The van der Waals surface area contributed by atoms with Crippen LogP contribution in [0, 0.1) is 10.1 Å². The van der Waals surface area contributed by atoms with Gasteiger partial charge in [0.05, 0.1) is 17.7 Å². The van der Waals surface area contributed by atoms with Gasteiger partial charge in [-0.3, -0.25) is 19.8 Å². The zero-order chi connectivity index (χ0) is 18.0. The van der Waals surface area contributed by atoms with Gasteiger partial charge in [0.25, 0.3) is 11.6 Å². The van der Waals surface area contributed by atoms with E-state index in [-0.39, 0.29) is 16.7 Å². The molecule has 8 heteroatoms. The van der Waals surface area contributed by atoms with E-state index in [0.717, 1.165) is 0 Å².